The molecule has 1 aliphatic heterocycles. The van der Waals surface area contributed by atoms with Crippen LogP contribution in [0.4, 0.5) is 5.82 Å². The number of rotatable bonds is 1. The monoisotopic (exact) mass is 277 g/mol. The second-order valence-corrected chi connectivity index (χ2v) is 6.53. The van der Waals surface area contributed by atoms with Gasteiger partial charge in [0.05, 0.1) is 17.6 Å². The Balaban J connectivity index is 2.09. The second-order valence-electron chi connectivity index (χ2n) is 5.32. The molecule has 1 aliphatic rings. The number of ether oxygens (including phenoxy) is 1. The van der Waals surface area contributed by atoms with Crippen LogP contribution in [0.25, 0.3) is 10.2 Å². The topological polar surface area (TPSA) is 38.2 Å². The van der Waals surface area contributed by atoms with Crippen LogP contribution in [0, 0.1) is 13.8 Å². The van der Waals surface area contributed by atoms with Crippen molar-refractivity contribution in [3.05, 3.63) is 16.8 Å². The van der Waals surface area contributed by atoms with Gasteiger partial charge in [-0.3, -0.25) is 0 Å². The molecule has 0 aromatic carbocycles. The van der Waals surface area contributed by atoms with Gasteiger partial charge in [0.15, 0.2) is 0 Å². The normalized spacial score (nSPS) is 24.1. The van der Waals surface area contributed by atoms with Gasteiger partial charge in [0, 0.05) is 18.0 Å². The number of morpholine rings is 1. The van der Waals surface area contributed by atoms with Crippen LogP contribution in [0.3, 0.4) is 0 Å². The molecule has 0 saturated carbocycles. The Morgan fingerprint density at radius 1 is 1.21 bits per heavy atom. The van der Waals surface area contributed by atoms with Crippen molar-refractivity contribution in [3.8, 4) is 0 Å². The van der Waals surface area contributed by atoms with Crippen LogP contribution < -0.4 is 4.90 Å². The number of thiophene rings is 1. The highest BCUT2D eigenvalue weighted by Gasteiger charge is 2.25. The molecular weight excluding hydrogens is 258 g/mol. The van der Waals surface area contributed by atoms with Crippen molar-refractivity contribution in [2.45, 2.75) is 39.9 Å². The third kappa shape index (κ3) is 2.21. The first-order valence-electron chi connectivity index (χ1n) is 6.67. The maximum Gasteiger partial charge on any atom is 0.141 e. The van der Waals surface area contributed by atoms with E-state index in [0.29, 0.717) is 0 Å². The number of aryl methyl sites for hydroxylation is 2. The Hall–Kier alpha value is -1.20. The van der Waals surface area contributed by atoms with E-state index < -0.39 is 0 Å². The van der Waals surface area contributed by atoms with Crippen molar-refractivity contribution >= 4 is 27.4 Å². The zero-order valence-corrected chi connectivity index (χ0v) is 12.6. The lowest BCUT2D eigenvalue weighted by molar-refractivity contribution is -0.00537. The van der Waals surface area contributed by atoms with Gasteiger partial charge in [-0.1, -0.05) is 0 Å². The van der Waals surface area contributed by atoms with E-state index in [2.05, 4.69) is 42.6 Å². The van der Waals surface area contributed by atoms with Crippen LogP contribution in [0.5, 0.6) is 0 Å². The number of anilines is 1. The van der Waals surface area contributed by atoms with E-state index in [1.54, 1.807) is 17.7 Å². The van der Waals surface area contributed by atoms with Crippen LogP contribution in [0.1, 0.15) is 24.3 Å². The minimum absolute atomic E-state index is 0.244. The Kier molecular flexibility index (Phi) is 3.19. The third-order valence-corrected chi connectivity index (χ3v) is 4.78. The summed E-state index contributed by atoms with van der Waals surface area (Å²) in [5, 5.41) is 1.21. The predicted octanol–water partition coefficient (Wildman–Crippen LogP) is 2.92. The summed E-state index contributed by atoms with van der Waals surface area (Å²) in [6.45, 7) is 10.3. The van der Waals surface area contributed by atoms with Gasteiger partial charge in [-0.25, -0.2) is 9.97 Å². The number of aromatic nitrogens is 2. The number of hydrogen-bond donors (Lipinski definition) is 0. The fraction of sp³-hybridized carbons (Fsp3) is 0.571. The summed E-state index contributed by atoms with van der Waals surface area (Å²) in [6.07, 6.45) is 2.17. The van der Waals surface area contributed by atoms with Gasteiger partial charge in [-0.2, -0.15) is 0 Å². The van der Waals surface area contributed by atoms with Gasteiger partial charge in [-0.15, -0.1) is 11.3 Å². The summed E-state index contributed by atoms with van der Waals surface area (Å²) < 4.78 is 5.80. The standard InChI is InChI=1S/C14H19N3OS/c1-8-5-17(6-9(2)18-8)13-12-10(3)11(4)19-14(12)16-7-15-13/h7-9H,5-6H2,1-4H3/t8-,9-/m1/s1. The second kappa shape index (κ2) is 4.72. The molecule has 3 heterocycles. The first-order chi connectivity index (χ1) is 9.06. The molecular formula is C14H19N3OS. The smallest absolute Gasteiger partial charge is 0.141 e. The molecule has 0 aliphatic carbocycles. The lowest BCUT2D eigenvalue weighted by atomic mass is 10.1. The van der Waals surface area contributed by atoms with E-state index in [0.717, 1.165) is 23.7 Å². The predicted molar refractivity (Wildman–Crippen MR) is 79.1 cm³/mol. The van der Waals surface area contributed by atoms with E-state index in [1.807, 2.05) is 0 Å². The molecule has 1 saturated heterocycles. The minimum atomic E-state index is 0.244. The quantitative estimate of drug-likeness (QED) is 0.803. The molecule has 1 fully saturated rings. The molecule has 2 atom stereocenters. The van der Waals surface area contributed by atoms with E-state index in [1.165, 1.54) is 15.8 Å². The average molecular weight is 277 g/mol. The molecule has 0 N–H and O–H groups in total. The van der Waals surface area contributed by atoms with Crippen LogP contribution >= 0.6 is 11.3 Å². The maximum atomic E-state index is 5.80. The molecule has 2 aromatic heterocycles. The highest BCUT2D eigenvalue weighted by atomic mass is 32.1. The fourth-order valence-corrected chi connectivity index (χ4v) is 3.75. The lowest BCUT2D eigenvalue weighted by Gasteiger charge is -2.36. The van der Waals surface area contributed by atoms with E-state index in [9.17, 15) is 0 Å². The molecule has 19 heavy (non-hydrogen) atoms. The third-order valence-electron chi connectivity index (χ3n) is 3.66. The summed E-state index contributed by atoms with van der Waals surface area (Å²) in [5.41, 5.74) is 1.31. The van der Waals surface area contributed by atoms with Crippen molar-refractivity contribution in [1.29, 1.82) is 0 Å². The molecule has 0 spiro atoms. The van der Waals surface area contributed by atoms with E-state index >= 15 is 0 Å². The van der Waals surface area contributed by atoms with Gasteiger partial charge < -0.3 is 9.64 Å². The number of nitrogens with zero attached hydrogens (tertiary/aromatic N) is 3. The molecule has 0 amide bonds. The Labute approximate surface area is 117 Å². The van der Waals surface area contributed by atoms with Gasteiger partial charge in [-0.05, 0) is 33.3 Å². The zero-order valence-electron chi connectivity index (χ0n) is 11.8. The fourth-order valence-electron chi connectivity index (χ4n) is 2.75. The number of hydrogen-bond acceptors (Lipinski definition) is 5. The number of fused-ring (bicyclic) bond motifs is 1. The van der Waals surface area contributed by atoms with E-state index in [4.69, 9.17) is 4.74 Å². The summed E-state index contributed by atoms with van der Waals surface area (Å²) >= 11 is 1.75. The SMILES string of the molecule is Cc1sc2ncnc(N3C[C@@H](C)O[C@H](C)C3)c2c1C. The largest absolute Gasteiger partial charge is 0.372 e. The van der Waals surface area contributed by atoms with Crippen LogP contribution in [0.15, 0.2) is 6.33 Å². The molecule has 0 unspecified atom stereocenters. The van der Waals surface area contributed by atoms with Gasteiger partial charge in [0.2, 0.25) is 0 Å². The molecule has 0 bridgehead atoms. The Bertz CT molecular complexity index is 600. The first-order valence-corrected chi connectivity index (χ1v) is 7.49. The first kappa shape index (κ1) is 12.8. The summed E-state index contributed by atoms with van der Waals surface area (Å²) in [5.74, 6) is 1.06. The van der Waals surface area contributed by atoms with Crippen molar-refractivity contribution in [2.24, 2.45) is 0 Å². The molecule has 0 radical (unpaired) electrons. The molecule has 102 valence electrons. The van der Waals surface area contributed by atoms with Crippen LogP contribution in [-0.2, 0) is 4.74 Å². The lowest BCUT2D eigenvalue weighted by Crippen LogP contribution is -2.45. The van der Waals surface area contributed by atoms with Gasteiger partial charge in [0.1, 0.15) is 17.0 Å². The summed E-state index contributed by atoms with van der Waals surface area (Å²) in [4.78, 5) is 13.7. The maximum absolute atomic E-state index is 5.80. The van der Waals surface area contributed by atoms with Crippen molar-refractivity contribution in [1.82, 2.24) is 9.97 Å². The van der Waals surface area contributed by atoms with Gasteiger partial charge >= 0.3 is 0 Å². The van der Waals surface area contributed by atoms with Crippen LogP contribution in [-0.4, -0.2) is 35.3 Å². The Morgan fingerprint density at radius 2 is 1.89 bits per heavy atom. The average Bonchev–Trinajstić information content (AvgIpc) is 2.64. The zero-order chi connectivity index (χ0) is 13.6. The summed E-state index contributed by atoms with van der Waals surface area (Å²) in [7, 11) is 0. The van der Waals surface area contributed by atoms with Gasteiger partial charge in [0.25, 0.3) is 0 Å². The van der Waals surface area contributed by atoms with Crippen LogP contribution in [0.2, 0.25) is 0 Å². The Morgan fingerprint density at radius 3 is 2.58 bits per heavy atom. The van der Waals surface area contributed by atoms with E-state index in [-0.39, 0.29) is 12.2 Å². The molecule has 2 aromatic rings. The minimum Gasteiger partial charge on any atom is -0.372 e. The highest BCUT2D eigenvalue weighted by Crippen LogP contribution is 2.35. The van der Waals surface area contributed by atoms with Crippen molar-refractivity contribution in [2.75, 3.05) is 18.0 Å². The molecule has 3 rings (SSSR count). The molecule has 5 heteroatoms. The summed E-state index contributed by atoms with van der Waals surface area (Å²) in [6, 6.07) is 0. The van der Waals surface area contributed by atoms with Crippen molar-refractivity contribution in [3.63, 3.8) is 0 Å². The van der Waals surface area contributed by atoms with Crippen molar-refractivity contribution < 1.29 is 4.74 Å². The molecule has 4 nitrogen and oxygen atoms in total. The highest BCUT2D eigenvalue weighted by molar-refractivity contribution is 7.18.